The van der Waals surface area contributed by atoms with Crippen LogP contribution in [0.5, 0.6) is 11.5 Å². The summed E-state index contributed by atoms with van der Waals surface area (Å²) in [5.74, 6) is 0.153. The summed E-state index contributed by atoms with van der Waals surface area (Å²) in [6.07, 6.45) is 0. The van der Waals surface area contributed by atoms with E-state index in [-0.39, 0.29) is 11.5 Å². The van der Waals surface area contributed by atoms with E-state index in [2.05, 4.69) is 15.9 Å². The summed E-state index contributed by atoms with van der Waals surface area (Å²) in [6, 6.07) is 16.5. The Kier molecular flexibility index (Phi) is 2.91. The first kappa shape index (κ1) is 12.1. The lowest BCUT2D eigenvalue weighted by molar-refractivity contribution is 0.454. The molecule has 0 heterocycles. The number of halogens is 1. The minimum absolute atomic E-state index is 0.0764. The van der Waals surface area contributed by atoms with Gasteiger partial charge in [-0.05, 0) is 34.5 Å². The van der Waals surface area contributed by atoms with Crippen LogP contribution < -0.4 is 0 Å². The molecule has 3 rings (SSSR count). The van der Waals surface area contributed by atoms with Crippen LogP contribution >= 0.6 is 15.9 Å². The molecule has 0 spiro atoms. The molecular weight excluding hydrogens is 304 g/mol. The van der Waals surface area contributed by atoms with Crippen LogP contribution in [0.3, 0.4) is 0 Å². The third kappa shape index (κ3) is 1.96. The summed E-state index contributed by atoms with van der Waals surface area (Å²) in [7, 11) is 0. The SMILES string of the molecule is Oc1cccc(O)c1-c1ccc(Br)c2ccccc12. The Labute approximate surface area is 119 Å². The fraction of sp³-hybridized carbons (Fsp3) is 0. The van der Waals surface area contributed by atoms with Crippen LogP contribution in [0, 0.1) is 0 Å². The minimum atomic E-state index is 0.0764. The first-order valence-electron chi connectivity index (χ1n) is 5.87. The predicted molar refractivity (Wildman–Crippen MR) is 80.4 cm³/mol. The minimum Gasteiger partial charge on any atom is -0.507 e. The fourth-order valence-electron chi connectivity index (χ4n) is 2.28. The van der Waals surface area contributed by atoms with Crippen molar-refractivity contribution in [1.29, 1.82) is 0 Å². The van der Waals surface area contributed by atoms with Crippen molar-refractivity contribution < 1.29 is 10.2 Å². The van der Waals surface area contributed by atoms with Crippen molar-refractivity contribution >= 4 is 26.7 Å². The van der Waals surface area contributed by atoms with Gasteiger partial charge in [-0.3, -0.25) is 0 Å². The predicted octanol–water partition coefficient (Wildman–Crippen LogP) is 4.68. The number of benzene rings is 3. The Morgan fingerprint density at radius 1 is 0.684 bits per heavy atom. The Bertz CT molecular complexity index is 746. The molecule has 0 amide bonds. The maximum Gasteiger partial charge on any atom is 0.127 e. The van der Waals surface area contributed by atoms with Crippen molar-refractivity contribution in [3.8, 4) is 22.6 Å². The molecule has 94 valence electrons. The lowest BCUT2D eigenvalue weighted by Crippen LogP contribution is -1.84. The van der Waals surface area contributed by atoms with Crippen LogP contribution in [0.4, 0.5) is 0 Å². The average Bonchev–Trinajstić information content (AvgIpc) is 2.41. The van der Waals surface area contributed by atoms with Gasteiger partial charge < -0.3 is 10.2 Å². The topological polar surface area (TPSA) is 40.5 Å². The number of phenols is 2. The zero-order valence-corrected chi connectivity index (χ0v) is 11.6. The molecule has 2 nitrogen and oxygen atoms in total. The van der Waals surface area contributed by atoms with Crippen LogP contribution in [0.1, 0.15) is 0 Å². The molecule has 0 atom stereocenters. The molecule has 0 saturated carbocycles. The molecule has 19 heavy (non-hydrogen) atoms. The van der Waals surface area contributed by atoms with Gasteiger partial charge in [-0.15, -0.1) is 0 Å². The van der Waals surface area contributed by atoms with Crippen LogP contribution in [-0.4, -0.2) is 10.2 Å². The Hall–Kier alpha value is -2.00. The van der Waals surface area contributed by atoms with Gasteiger partial charge in [0.15, 0.2) is 0 Å². The molecule has 0 aromatic heterocycles. The van der Waals surface area contributed by atoms with Gasteiger partial charge >= 0.3 is 0 Å². The number of aromatic hydroxyl groups is 2. The van der Waals surface area contributed by atoms with Crippen LogP contribution in [0.15, 0.2) is 59.1 Å². The third-order valence-corrected chi connectivity index (χ3v) is 3.85. The van der Waals surface area contributed by atoms with E-state index >= 15 is 0 Å². The van der Waals surface area contributed by atoms with Crippen molar-refractivity contribution in [3.05, 3.63) is 59.1 Å². The molecule has 3 heteroatoms. The molecule has 0 bridgehead atoms. The van der Waals surface area contributed by atoms with Crippen molar-refractivity contribution in [2.45, 2.75) is 0 Å². The van der Waals surface area contributed by atoms with Gasteiger partial charge in [0.1, 0.15) is 11.5 Å². The Morgan fingerprint density at radius 3 is 2.00 bits per heavy atom. The van der Waals surface area contributed by atoms with E-state index < -0.39 is 0 Å². The van der Waals surface area contributed by atoms with Gasteiger partial charge in [0.2, 0.25) is 0 Å². The van der Waals surface area contributed by atoms with Crippen molar-refractivity contribution in [1.82, 2.24) is 0 Å². The lowest BCUT2D eigenvalue weighted by atomic mass is 9.97. The largest absolute Gasteiger partial charge is 0.507 e. The van der Waals surface area contributed by atoms with Crippen LogP contribution in [-0.2, 0) is 0 Å². The van der Waals surface area contributed by atoms with Gasteiger partial charge in [0.25, 0.3) is 0 Å². The number of hydrogen-bond donors (Lipinski definition) is 2. The first-order chi connectivity index (χ1) is 9.18. The second kappa shape index (κ2) is 4.59. The lowest BCUT2D eigenvalue weighted by Gasteiger charge is -2.11. The second-order valence-corrected chi connectivity index (χ2v) is 5.17. The molecule has 3 aromatic rings. The van der Waals surface area contributed by atoms with Gasteiger partial charge in [-0.1, -0.05) is 52.3 Å². The smallest absolute Gasteiger partial charge is 0.127 e. The number of phenolic OH excluding ortho intramolecular Hbond substituents is 2. The highest BCUT2D eigenvalue weighted by Gasteiger charge is 2.13. The van der Waals surface area contributed by atoms with Crippen molar-refractivity contribution in [2.24, 2.45) is 0 Å². The zero-order chi connectivity index (χ0) is 13.4. The number of fused-ring (bicyclic) bond motifs is 1. The highest BCUT2D eigenvalue weighted by molar-refractivity contribution is 9.10. The molecule has 0 radical (unpaired) electrons. The third-order valence-electron chi connectivity index (χ3n) is 3.16. The van der Waals surface area contributed by atoms with Gasteiger partial charge in [0, 0.05) is 4.47 Å². The molecule has 0 aliphatic heterocycles. The Morgan fingerprint density at radius 2 is 1.32 bits per heavy atom. The zero-order valence-electron chi connectivity index (χ0n) is 9.97. The van der Waals surface area contributed by atoms with E-state index in [1.165, 1.54) is 0 Å². The van der Waals surface area contributed by atoms with E-state index in [4.69, 9.17) is 0 Å². The monoisotopic (exact) mass is 314 g/mol. The second-order valence-electron chi connectivity index (χ2n) is 4.31. The molecule has 0 unspecified atom stereocenters. The summed E-state index contributed by atoms with van der Waals surface area (Å²) >= 11 is 3.52. The molecular formula is C16H11BrO2. The molecule has 3 aromatic carbocycles. The first-order valence-corrected chi connectivity index (χ1v) is 6.66. The number of rotatable bonds is 1. The van der Waals surface area contributed by atoms with E-state index in [9.17, 15) is 10.2 Å². The summed E-state index contributed by atoms with van der Waals surface area (Å²) in [4.78, 5) is 0. The highest BCUT2D eigenvalue weighted by atomic mass is 79.9. The molecule has 0 fully saturated rings. The van der Waals surface area contributed by atoms with Crippen molar-refractivity contribution in [3.63, 3.8) is 0 Å². The van der Waals surface area contributed by atoms with E-state index in [1.807, 2.05) is 36.4 Å². The molecule has 2 N–H and O–H groups in total. The average molecular weight is 315 g/mol. The standard InChI is InChI=1S/C16H11BrO2/c17-13-9-8-12(10-4-1-2-5-11(10)13)16-14(18)6-3-7-15(16)19/h1-9,18-19H. The summed E-state index contributed by atoms with van der Waals surface area (Å²) < 4.78 is 0.988. The van der Waals surface area contributed by atoms with Gasteiger partial charge in [-0.25, -0.2) is 0 Å². The van der Waals surface area contributed by atoms with E-state index in [0.29, 0.717) is 5.56 Å². The normalized spacial score (nSPS) is 10.8. The summed E-state index contributed by atoms with van der Waals surface area (Å²) in [5, 5.41) is 22.0. The molecule has 0 saturated heterocycles. The van der Waals surface area contributed by atoms with E-state index in [1.54, 1.807) is 18.2 Å². The van der Waals surface area contributed by atoms with Crippen molar-refractivity contribution in [2.75, 3.05) is 0 Å². The maximum absolute atomic E-state index is 10.0. The fourth-order valence-corrected chi connectivity index (χ4v) is 2.76. The summed E-state index contributed by atoms with van der Waals surface area (Å²) in [5.41, 5.74) is 1.28. The highest BCUT2D eigenvalue weighted by Crippen LogP contribution is 2.41. The van der Waals surface area contributed by atoms with Crippen LogP contribution in [0.25, 0.3) is 21.9 Å². The van der Waals surface area contributed by atoms with Gasteiger partial charge in [-0.2, -0.15) is 0 Å². The number of hydrogen-bond acceptors (Lipinski definition) is 2. The van der Waals surface area contributed by atoms with E-state index in [0.717, 1.165) is 20.8 Å². The molecule has 0 aliphatic carbocycles. The molecule has 0 aliphatic rings. The van der Waals surface area contributed by atoms with Gasteiger partial charge in [0.05, 0.1) is 5.56 Å². The summed E-state index contributed by atoms with van der Waals surface area (Å²) in [6.45, 7) is 0. The Balaban J connectivity index is 2.41. The quantitative estimate of drug-likeness (QED) is 0.684. The van der Waals surface area contributed by atoms with Crippen LogP contribution in [0.2, 0.25) is 0 Å². The maximum atomic E-state index is 10.0.